The fraction of sp³-hybridized carbons (Fsp3) is 0. The van der Waals surface area contributed by atoms with Gasteiger partial charge in [-0.3, -0.25) is 9.78 Å². The molecule has 0 N–H and O–H groups in total. The third-order valence-electron chi connectivity index (χ3n) is 1.73. The first kappa shape index (κ1) is 9.63. The van der Waals surface area contributed by atoms with E-state index in [9.17, 15) is 4.79 Å². The van der Waals surface area contributed by atoms with Crippen LogP contribution in [0.15, 0.2) is 36.7 Å². The van der Waals surface area contributed by atoms with Crippen LogP contribution in [0.1, 0.15) is 20.1 Å². The lowest BCUT2D eigenvalue weighted by atomic mass is 10.3. The maximum atomic E-state index is 10.4. The summed E-state index contributed by atoms with van der Waals surface area (Å²) in [6.45, 7) is 0. The van der Waals surface area contributed by atoms with E-state index in [1.807, 2.05) is 18.2 Å². The summed E-state index contributed by atoms with van der Waals surface area (Å²) < 4.78 is 0. The molecule has 0 radical (unpaired) electrons. The number of carbonyl (C=O) groups is 1. The highest BCUT2D eigenvalue weighted by Gasteiger charge is 1.94. The highest BCUT2D eigenvalue weighted by molar-refractivity contribution is 7.14. The molecule has 0 spiro atoms. The standard InChI is InChI=1S/C12H7NOS/c14-9-12-6-5-11(15-12)4-3-10-2-1-7-13-8-10/h1-2,5-9H. The maximum absolute atomic E-state index is 10.4. The topological polar surface area (TPSA) is 30.0 Å². The summed E-state index contributed by atoms with van der Waals surface area (Å²) in [6, 6.07) is 7.35. The summed E-state index contributed by atoms with van der Waals surface area (Å²) in [5.74, 6) is 5.97. The fourth-order valence-corrected chi connectivity index (χ4v) is 1.73. The Morgan fingerprint density at radius 1 is 1.27 bits per heavy atom. The first-order valence-corrected chi connectivity index (χ1v) is 5.17. The molecule has 2 aromatic heterocycles. The molecule has 0 fully saturated rings. The highest BCUT2D eigenvalue weighted by Crippen LogP contribution is 2.12. The predicted octanol–water partition coefficient (Wildman–Crippen LogP) is 2.36. The average Bonchev–Trinajstić information content (AvgIpc) is 2.76. The SMILES string of the molecule is O=Cc1ccc(C#Cc2cccnc2)s1. The van der Waals surface area contributed by atoms with Crippen molar-refractivity contribution < 1.29 is 4.79 Å². The second-order valence-electron chi connectivity index (χ2n) is 2.81. The number of nitrogens with zero attached hydrogens (tertiary/aromatic N) is 1. The van der Waals surface area contributed by atoms with Gasteiger partial charge in [-0.25, -0.2) is 0 Å². The molecule has 2 heterocycles. The summed E-state index contributed by atoms with van der Waals surface area (Å²) >= 11 is 1.39. The maximum Gasteiger partial charge on any atom is 0.160 e. The zero-order valence-corrected chi connectivity index (χ0v) is 8.62. The van der Waals surface area contributed by atoms with E-state index in [-0.39, 0.29) is 0 Å². The largest absolute Gasteiger partial charge is 0.297 e. The van der Waals surface area contributed by atoms with Crippen LogP contribution in [0.4, 0.5) is 0 Å². The van der Waals surface area contributed by atoms with Crippen molar-refractivity contribution >= 4 is 17.6 Å². The number of pyridine rings is 1. The van der Waals surface area contributed by atoms with Gasteiger partial charge in [-0.05, 0) is 24.3 Å². The van der Waals surface area contributed by atoms with Gasteiger partial charge in [0, 0.05) is 18.0 Å². The lowest BCUT2D eigenvalue weighted by Crippen LogP contribution is -1.74. The number of thiophene rings is 1. The van der Waals surface area contributed by atoms with Gasteiger partial charge in [0.1, 0.15) is 0 Å². The first-order chi connectivity index (χ1) is 7.38. The molecule has 0 aliphatic heterocycles. The molecule has 0 saturated carbocycles. The second-order valence-corrected chi connectivity index (χ2v) is 3.93. The Morgan fingerprint density at radius 3 is 2.87 bits per heavy atom. The molecule has 3 heteroatoms. The quantitative estimate of drug-likeness (QED) is 0.537. The molecule has 0 amide bonds. The van der Waals surface area contributed by atoms with Crippen molar-refractivity contribution in [2.45, 2.75) is 0 Å². The molecule has 0 atom stereocenters. The minimum Gasteiger partial charge on any atom is -0.297 e. The molecule has 72 valence electrons. The van der Waals surface area contributed by atoms with Crippen LogP contribution in [0.2, 0.25) is 0 Å². The van der Waals surface area contributed by atoms with Crippen LogP contribution in [-0.4, -0.2) is 11.3 Å². The monoisotopic (exact) mass is 213 g/mol. The minimum absolute atomic E-state index is 0.700. The number of hydrogen-bond donors (Lipinski definition) is 0. The van der Waals surface area contributed by atoms with Crippen LogP contribution in [-0.2, 0) is 0 Å². The van der Waals surface area contributed by atoms with Crippen LogP contribution in [0.25, 0.3) is 0 Å². The first-order valence-electron chi connectivity index (χ1n) is 4.35. The number of carbonyl (C=O) groups excluding carboxylic acids is 1. The molecule has 0 aromatic carbocycles. The zero-order valence-electron chi connectivity index (χ0n) is 7.81. The van der Waals surface area contributed by atoms with E-state index < -0.39 is 0 Å². The molecule has 2 aromatic rings. The van der Waals surface area contributed by atoms with Crippen molar-refractivity contribution in [3.05, 3.63) is 52.0 Å². The highest BCUT2D eigenvalue weighted by atomic mass is 32.1. The van der Waals surface area contributed by atoms with Crippen LogP contribution >= 0.6 is 11.3 Å². The third kappa shape index (κ3) is 2.52. The van der Waals surface area contributed by atoms with Gasteiger partial charge in [-0.1, -0.05) is 11.8 Å². The Hall–Kier alpha value is -1.92. The van der Waals surface area contributed by atoms with Gasteiger partial charge in [0.05, 0.1) is 9.75 Å². The number of aromatic nitrogens is 1. The molecule has 0 aliphatic rings. The second kappa shape index (κ2) is 4.54. The van der Waals surface area contributed by atoms with Crippen LogP contribution < -0.4 is 0 Å². The summed E-state index contributed by atoms with van der Waals surface area (Å²) in [6.07, 6.45) is 4.25. The van der Waals surface area contributed by atoms with Crippen LogP contribution in [0, 0.1) is 11.8 Å². The van der Waals surface area contributed by atoms with Crippen molar-refractivity contribution in [2.75, 3.05) is 0 Å². The summed E-state index contributed by atoms with van der Waals surface area (Å²) in [5, 5.41) is 0. The molecule has 0 saturated heterocycles. The molecule has 0 unspecified atom stereocenters. The predicted molar refractivity (Wildman–Crippen MR) is 59.9 cm³/mol. The van der Waals surface area contributed by atoms with Gasteiger partial charge < -0.3 is 0 Å². The van der Waals surface area contributed by atoms with Crippen molar-refractivity contribution in [2.24, 2.45) is 0 Å². The Morgan fingerprint density at radius 2 is 2.20 bits per heavy atom. The van der Waals surface area contributed by atoms with Crippen molar-refractivity contribution in [3.63, 3.8) is 0 Å². The van der Waals surface area contributed by atoms with Crippen LogP contribution in [0.5, 0.6) is 0 Å². The van der Waals surface area contributed by atoms with E-state index in [4.69, 9.17) is 0 Å². The van der Waals surface area contributed by atoms with Gasteiger partial charge >= 0.3 is 0 Å². The molecule has 2 nitrogen and oxygen atoms in total. The van der Waals surface area contributed by atoms with Gasteiger partial charge in [-0.2, -0.15) is 0 Å². The number of hydrogen-bond acceptors (Lipinski definition) is 3. The summed E-state index contributed by atoms with van der Waals surface area (Å²) in [5.41, 5.74) is 0.874. The van der Waals surface area contributed by atoms with Gasteiger partial charge in [0.15, 0.2) is 6.29 Å². The van der Waals surface area contributed by atoms with E-state index in [2.05, 4.69) is 16.8 Å². The van der Waals surface area contributed by atoms with Gasteiger partial charge in [-0.15, -0.1) is 11.3 Å². The molecule has 0 bridgehead atoms. The van der Waals surface area contributed by atoms with Gasteiger partial charge in [0.25, 0.3) is 0 Å². The molecule has 15 heavy (non-hydrogen) atoms. The van der Waals surface area contributed by atoms with E-state index in [0.717, 1.165) is 16.7 Å². The van der Waals surface area contributed by atoms with E-state index in [1.165, 1.54) is 11.3 Å². The zero-order chi connectivity index (χ0) is 10.5. The average molecular weight is 213 g/mol. The number of rotatable bonds is 1. The summed E-state index contributed by atoms with van der Waals surface area (Å²) in [7, 11) is 0. The Kier molecular flexibility index (Phi) is 2.91. The Labute approximate surface area is 91.6 Å². The Balaban J connectivity index is 2.22. The van der Waals surface area contributed by atoms with Gasteiger partial charge in [0.2, 0.25) is 0 Å². The third-order valence-corrected chi connectivity index (χ3v) is 2.66. The molecular weight excluding hydrogens is 206 g/mol. The molecular formula is C12H7NOS. The Bertz CT molecular complexity index is 519. The van der Waals surface area contributed by atoms with E-state index in [1.54, 1.807) is 18.5 Å². The van der Waals surface area contributed by atoms with Crippen molar-refractivity contribution in [3.8, 4) is 11.8 Å². The van der Waals surface area contributed by atoms with Crippen LogP contribution in [0.3, 0.4) is 0 Å². The minimum atomic E-state index is 0.700. The lowest BCUT2D eigenvalue weighted by Gasteiger charge is -1.84. The van der Waals surface area contributed by atoms with E-state index in [0.29, 0.717) is 4.88 Å². The normalized spacial score (nSPS) is 9.07. The molecule has 2 rings (SSSR count). The van der Waals surface area contributed by atoms with E-state index >= 15 is 0 Å². The number of aldehydes is 1. The van der Waals surface area contributed by atoms with Crippen molar-refractivity contribution in [1.82, 2.24) is 4.98 Å². The fourth-order valence-electron chi connectivity index (χ4n) is 1.05. The smallest absolute Gasteiger partial charge is 0.160 e. The molecule has 0 aliphatic carbocycles. The lowest BCUT2D eigenvalue weighted by molar-refractivity contribution is 0.112. The van der Waals surface area contributed by atoms with Crippen molar-refractivity contribution in [1.29, 1.82) is 0 Å². The summed E-state index contributed by atoms with van der Waals surface area (Å²) in [4.78, 5) is 16.0.